The molecular formula is C13H18N4OS. The summed E-state index contributed by atoms with van der Waals surface area (Å²) < 4.78 is 14.1. The number of aromatic nitrogens is 3. The number of anilines is 1. The van der Waals surface area contributed by atoms with Crippen LogP contribution in [0.15, 0.2) is 35.5 Å². The Hall–Kier alpha value is -1.69. The summed E-state index contributed by atoms with van der Waals surface area (Å²) in [6.45, 7) is 5.01. The Morgan fingerprint density at radius 3 is 2.63 bits per heavy atom. The van der Waals surface area contributed by atoms with Crippen molar-refractivity contribution in [3.05, 3.63) is 36.4 Å². The number of rotatable bonds is 5. The van der Waals surface area contributed by atoms with E-state index in [1.807, 2.05) is 4.68 Å². The average molecular weight is 278 g/mol. The molecule has 0 aliphatic rings. The molecule has 2 aromatic rings. The van der Waals surface area contributed by atoms with Crippen LogP contribution in [-0.2, 0) is 23.1 Å². The van der Waals surface area contributed by atoms with E-state index in [-0.39, 0.29) is 0 Å². The van der Waals surface area contributed by atoms with Crippen LogP contribution in [0.4, 0.5) is 5.69 Å². The van der Waals surface area contributed by atoms with E-state index >= 15 is 0 Å². The van der Waals surface area contributed by atoms with Gasteiger partial charge in [0.15, 0.2) is 0 Å². The Balaban J connectivity index is 2.10. The quantitative estimate of drug-likeness (QED) is 0.847. The van der Waals surface area contributed by atoms with Gasteiger partial charge in [-0.15, -0.1) is 0 Å². The van der Waals surface area contributed by atoms with Crippen molar-refractivity contribution in [2.45, 2.75) is 31.0 Å². The van der Waals surface area contributed by atoms with Crippen LogP contribution in [-0.4, -0.2) is 19.0 Å². The van der Waals surface area contributed by atoms with Gasteiger partial charge in [0.1, 0.15) is 12.2 Å². The van der Waals surface area contributed by atoms with E-state index < -0.39 is 10.8 Å². The van der Waals surface area contributed by atoms with Gasteiger partial charge in [-0.3, -0.25) is 4.21 Å². The average Bonchev–Trinajstić information content (AvgIpc) is 2.76. The molecule has 1 heterocycles. The van der Waals surface area contributed by atoms with Gasteiger partial charge in [-0.2, -0.15) is 5.10 Å². The fraction of sp³-hybridized carbons (Fsp3) is 0.385. The van der Waals surface area contributed by atoms with Crippen LogP contribution < -0.4 is 5.73 Å². The minimum atomic E-state index is -1.13. The molecule has 0 aliphatic carbocycles. The van der Waals surface area contributed by atoms with Crippen LogP contribution in [0.1, 0.15) is 19.7 Å². The predicted molar refractivity (Wildman–Crippen MR) is 75.8 cm³/mol. The molecule has 0 aliphatic heterocycles. The van der Waals surface area contributed by atoms with Crippen molar-refractivity contribution in [2.24, 2.45) is 5.92 Å². The third kappa shape index (κ3) is 3.64. The molecule has 0 saturated carbocycles. The summed E-state index contributed by atoms with van der Waals surface area (Å²) in [6.07, 6.45) is 1.51. The summed E-state index contributed by atoms with van der Waals surface area (Å²) in [5.41, 5.74) is 6.29. The lowest BCUT2D eigenvalue weighted by Crippen LogP contribution is -2.12. The van der Waals surface area contributed by atoms with Crippen molar-refractivity contribution in [1.82, 2.24) is 14.8 Å². The van der Waals surface area contributed by atoms with Gasteiger partial charge in [-0.05, 0) is 30.2 Å². The summed E-state index contributed by atoms with van der Waals surface area (Å²) >= 11 is 0. The van der Waals surface area contributed by atoms with Crippen molar-refractivity contribution in [3.63, 3.8) is 0 Å². The lowest BCUT2D eigenvalue weighted by molar-refractivity contribution is 0.471. The summed E-state index contributed by atoms with van der Waals surface area (Å²) in [5, 5.41) is 4.17. The molecule has 0 radical (unpaired) electrons. The van der Waals surface area contributed by atoms with E-state index in [1.54, 1.807) is 24.3 Å². The molecule has 1 atom stereocenters. The largest absolute Gasteiger partial charge is 0.399 e. The second-order valence-corrected chi connectivity index (χ2v) is 6.26. The topological polar surface area (TPSA) is 73.8 Å². The Labute approximate surface area is 115 Å². The molecule has 6 heteroatoms. The molecule has 2 rings (SSSR count). The second-order valence-electron chi connectivity index (χ2n) is 4.81. The molecule has 0 bridgehead atoms. The maximum Gasteiger partial charge on any atom is 0.139 e. The first kappa shape index (κ1) is 13.7. The van der Waals surface area contributed by atoms with E-state index in [1.165, 1.54) is 6.33 Å². The molecule has 0 saturated heterocycles. The van der Waals surface area contributed by atoms with Crippen LogP contribution >= 0.6 is 0 Å². The minimum absolute atomic E-state index is 0.372. The van der Waals surface area contributed by atoms with Crippen molar-refractivity contribution in [1.29, 1.82) is 0 Å². The highest BCUT2D eigenvalue weighted by molar-refractivity contribution is 7.84. The van der Waals surface area contributed by atoms with Gasteiger partial charge in [0.25, 0.3) is 0 Å². The van der Waals surface area contributed by atoms with Crippen LogP contribution in [0, 0.1) is 5.92 Å². The van der Waals surface area contributed by atoms with Gasteiger partial charge in [-0.1, -0.05) is 13.8 Å². The van der Waals surface area contributed by atoms with E-state index in [4.69, 9.17) is 5.73 Å². The molecule has 0 fully saturated rings. The summed E-state index contributed by atoms with van der Waals surface area (Å²) in [6, 6.07) is 7.08. The highest BCUT2D eigenvalue weighted by Gasteiger charge is 2.11. The highest BCUT2D eigenvalue weighted by atomic mass is 32.2. The zero-order chi connectivity index (χ0) is 13.8. The number of hydrogen-bond acceptors (Lipinski definition) is 4. The third-order valence-electron chi connectivity index (χ3n) is 2.64. The third-order valence-corrected chi connectivity index (χ3v) is 3.96. The molecule has 0 spiro atoms. The van der Waals surface area contributed by atoms with Crippen molar-refractivity contribution >= 4 is 16.5 Å². The van der Waals surface area contributed by atoms with Gasteiger partial charge >= 0.3 is 0 Å². The Morgan fingerprint density at radius 1 is 1.32 bits per heavy atom. The molecule has 1 aromatic carbocycles. The van der Waals surface area contributed by atoms with Gasteiger partial charge in [0.05, 0.1) is 16.6 Å². The lowest BCUT2D eigenvalue weighted by atomic mass is 10.2. The fourth-order valence-electron chi connectivity index (χ4n) is 1.72. The smallest absolute Gasteiger partial charge is 0.139 e. The van der Waals surface area contributed by atoms with E-state index in [0.717, 1.165) is 17.3 Å². The van der Waals surface area contributed by atoms with Gasteiger partial charge in [0.2, 0.25) is 0 Å². The zero-order valence-electron chi connectivity index (χ0n) is 11.1. The summed E-state index contributed by atoms with van der Waals surface area (Å²) in [4.78, 5) is 4.94. The standard InChI is InChI=1S/C13H18N4OS/c1-10(2)7-17-13(15-9-16-17)8-19(18)12-5-3-11(14)4-6-12/h3-6,9-10H,7-8,14H2,1-2H3. The van der Waals surface area contributed by atoms with Crippen LogP contribution in [0.5, 0.6) is 0 Å². The normalized spacial score (nSPS) is 12.8. The highest BCUT2D eigenvalue weighted by Crippen LogP contribution is 2.13. The first-order valence-electron chi connectivity index (χ1n) is 6.17. The van der Waals surface area contributed by atoms with Crippen molar-refractivity contribution in [3.8, 4) is 0 Å². The maximum atomic E-state index is 12.3. The summed E-state index contributed by atoms with van der Waals surface area (Å²) in [5.74, 6) is 1.60. The molecule has 1 aromatic heterocycles. The van der Waals surface area contributed by atoms with Crippen LogP contribution in [0.25, 0.3) is 0 Å². The second kappa shape index (κ2) is 5.97. The van der Waals surface area contributed by atoms with Crippen LogP contribution in [0.3, 0.4) is 0 Å². The van der Waals surface area contributed by atoms with Crippen molar-refractivity contribution < 1.29 is 4.21 Å². The van der Waals surface area contributed by atoms with E-state index in [0.29, 0.717) is 17.4 Å². The Bertz CT molecular complexity index is 562. The van der Waals surface area contributed by atoms with E-state index in [9.17, 15) is 4.21 Å². The fourth-order valence-corrected chi connectivity index (χ4v) is 2.78. The molecule has 102 valence electrons. The summed E-state index contributed by atoms with van der Waals surface area (Å²) in [7, 11) is -1.13. The zero-order valence-corrected chi connectivity index (χ0v) is 11.9. The molecule has 2 N–H and O–H groups in total. The van der Waals surface area contributed by atoms with Gasteiger partial charge < -0.3 is 5.73 Å². The van der Waals surface area contributed by atoms with E-state index in [2.05, 4.69) is 23.9 Å². The number of nitrogens with two attached hydrogens (primary N) is 1. The first-order valence-corrected chi connectivity index (χ1v) is 7.48. The Kier molecular flexibility index (Phi) is 4.31. The molecule has 0 amide bonds. The van der Waals surface area contributed by atoms with Gasteiger partial charge in [0, 0.05) is 17.1 Å². The number of benzene rings is 1. The van der Waals surface area contributed by atoms with Crippen molar-refractivity contribution in [2.75, 3.05) is 5.73 Å². The van der Waals surface area contributed by atoms with Gasteiger partial charge in [-0.25, -0.2) is 9.67 Å². The molecule has 19 heavy (non-hydrogen) atoms. The number of hydrogen-bond donors (Lipinski definition) is 1. The predicted octanol–water partition coefficient (Wildman–Crippen LogP) is 1.82. The SMILES string of the molecule is CC(C)Cn1ncnc1CS(=O)c1ccc(N)cc1. The number of nitrogen functional groups attached to an aromatic ring is 1. The maximum absolute atomic E-state index is 12.3. The molecular weight excluding hydrogens is 260 g/mol. The number of nitrogens with zero attached hydrogens (tertiary/aromatic N) is 3. The minimum Gasteiger partial charge on any atom is -0.399 e. The lowest BCUT2D eigenvalue weighted by Gasteiger charge is -2.08. The molecule has 1 unspecified atom stereocenters. The molecule has 5 nitrogen and oxygen atoms in total. The monoisotopic (exact) mass is 278 g/mol. The first-order chi connectivity index (χ1) is 9.06. The Morgan fingerprint density at radius 2 is 2.00 bits per heavy atom. The van der Waals surface area contributed by atoms with Crippen LogP contribution in [0.2, 0.25) is 0 Å².